The highest BCUT2D eigenvalue weighted by Gasteiger charge is 2.15. The maximum absolute atomic E-state index is 11.3. The molecule has 0 unspecified atom stereocenters. The Morgan fingerprint density at radius 3 is 2.72 bits per heavy atom. The van der Waals surface area contributed by atoms with Crippen molar-refractivity contribution >= 4 is 23.4 Å². The van der Waals surface area contributed by atoms with E-state index in [1.54, 1.807) is 12.1 Å². The zero-order chi connectivity index (χ0) is 13.1. The zero-order valence-electron chi connectivity index (χ0n) is 9.03. The summed E-state index contributed by atoms with van der Waals surface area (Å²) < 4.78 is 9.75. The van der Waals surface area contributed by atoms with Gasteiger partial charge in [0.25, 0.3) is 5.91 Å². The summed E-state index contributed by atoms with van der Waals surface area (Å²) in [5.74, 6) is -0.829. The topological polar surface area (TPSA) is 113 Å². The lowest BCUT2D eigenvalue weighted by Crippen LogP contribution is -2.12. The molecule has 0 atom stereocenters. The van der Waals surface area contributed by atoms with E-state index in [0.717, 1.165) is 6.26 Å². The van der Waals surface area contributed by atoms with Gasteiger partial charge in [-0.1, -0.05) is 0 Å². The van der Waals surface area contributed by atoms with Gasteiger partial charge in [0.1, 0.15) is 16.9 Å². The van der Waals surface area contributed by atoms with Gasteiger partial charge in [-0.25, -0.2) is 0 Å². The Morgan fingerprint density at radius 2 is 2.22 bits per heavy atom. The van der Waals surface area contributed by atoms with Crippen LogP contribution in [0, 0.1) is 10.1 Å². The van der Waals surface area contributed by atoms with Crippen LogP contribution in [0.5, 0.6) is 0 Å². The third-order valence-corrected chi connectivity index (χ3v) is 2.15. The monoisotopic (exact) mass is 248 g/mol. The largest absolute Gasteiger partial charge is 0.464 e. The first-order valence-corrected chi connectivity index (χ1v) is 4.86. The quantitative estimate of drug-likeness (QED) is 0.503. The molecule has 0 aliphatic heterocycles. The molecule has 1 amide bonds. The van der Waals surface area contributed by atoms with Gasteiger partial charge in [0.2, 0.25) is 0 Å². The molecule has 18 heavy (non-hydrogen) atoms. The van der Waals surface area contributed by atoms with Gasteiger partial charge in [-0.3, -0.25) is 14.9 Å². The van der Waals surface area contributed by atoms with E-state index in [0.29, 0.717) is 5.56 Å². The Balaban J connectivity index is 2.39. The van der Waals surface area contributed by atoms with Crippen LogP contribution in [-0.4, -0.2) is 10.8 Å². The van der Waals surface area contributed by atoms with Gasteiger partial charge in [-0.15, -0.1) is 0 Å². The number of primary amides is 1. The average Bonchev–Trinajstić information content (AvgIpc) is 2.96. The summed E-state index contributed by atoms with van der Waals surface area (Å²) in [5.41, 5.74) is 5.67. The van der Waals surface area contributed by atoms with Crippen LogP contribution in [-0.2, 0) is 4.79 Å². The lowest BCUT2D eigenvalue weighted by Gasteiger charge is -1.97. The van der Waals surface area contributed by atoms with Crippen molar-refractivity contribution in [2.24, 2.45) is 5.73 Å². The van der Waals surface area contributed by atoms with Gasteiger partial charge < -0.3 is 14.6 Å². The highest BCUT2D eigenvalue weighted by molar-refractivity contribution is 6.22. The van der Waals surface area contributed by atoms with Gasteiger partial charge in [-0.2, -0.15) is 0 Å². The van der Waals surface area contributed by atoms with E-state index in [2.05, 4.69) is 0 Å². The SMILES string of the molecule is NC(=O)/C(=C\c1coc([N+](=O)[O-])c1)c1ccco1. The standard InChI is InChI=1S/C11H8N2O5/c12-11(14)8(9-2-1-3-17-9)4-7-5-10(13(15)16)18-6-7/h1-6H,(H2,12,14)/b8-4-. The second kappa shape index (κ2) is 4.58. The van der Waals surface area contributed by atoms with Crippen molar-refractivity contribution < 1.29 is 18.6 Å². The highest BCUT2D eigenvalue weighted by atomic mass is 16.6. The number of furan rings is 2. The molecule has 0 bridgehead atoms. The van der Waals surface area contributed by atoms with E-state index in [9.17, 15) is 14.9 Å². The fourth-order valence-electron chi connectivity index (χ4n) is 1.37. The fourth-order valence-corrected chi connectivity index (χ4v) is 1.37. The first-order chi connectivity index (χ1) is 8.58. The first-order valence-electron chi connectivity index (χ1n) is 4.86. The molecule has 0 spiro atoms. The molecular formula is C11H8N2O5. The zero-order valence-corrected chi connectivity index (χ0v) is 9.03. The highest BCUT2D eigenvalue weighted by Crippen LogP contribution is 2.22. The van der Waals surface area contributed by atoms with E-state index < -0.39 is 16.7 Å². The third kappa shape index (κ3) is 2.29. The lowest BCUT2D eigenvalue weighted by molar-refractivity contribution is -0.402. The molecule has 2 N–H and O–H groups in total. The lowest BCUT2D eigenvalue weighted by atomic mass is 10.1. The second-order valence-corrected chi connectivity index (χ2v) is 3.37. The molecule has 7 heteroatoms. The fraction of sp³-hybridized carbons (Fsp3) is 0. The number of hydrogen-bond donors (Lipinski definition) is 1. The van der Waals surface area contributed by atoms with Gasteiger partial charge in [0.15, 0.2) is 0 Å². The van der Waals surface area contributed by atoms with Crippen molar-refractivity contribution in [3.8, 4) is 0 Å². The molecule has 0 aliphatic rings. The van der Waals surface area contributed by atoms with Crippen molar-refractivity contribution in [3.63, 3.8) is 0 Å². The maximum atomic E-state index is 11.3. The number of nitro groups is 1. The van der Waals surface area contributed by atoms with Crippen LogP contribution in [0.15, 0.2) is 39.6 Å². The van der Waals surface area contributed by atoms with Crippen LogP contribution >= 0.6 is 0 Å². The Hall–Kier alpha value is -2.83. The molecule has 0 aromatic carbocycles. The molecule has 2 aromatic heterocycles. The number of hydrogen-bond acceptors (Lipinski definition) is 5. The number of nitrogens with two attached hydrogens (primary N) is 1. The minimum Gasteiger partial charge on any atom is -0.464 e. The minimum absolute atomic E-state index is 0.107. The van der Waals surface area contributed by atoms with E-state index >= 15 is 0 Å². The Labute approximate surface area is 101 Å². The molecule has 92 valence electrons. The van der Waals surface area contributed by atoms with Crippen LogP contribution in [0.2, 0.25) is 0 Å². The summed E-state index contributed by atoms with van der Waals surface area (Å²) in [5, 5.41) is 10.4. The van der Waals surface area contributed by atoms with Crippen molar-refractivity contribution in [1.82, 2.24) is 0 Å². The number of carbonyl (C=O) groups is 1. The summed E-state index contributed by atoms with van der Waals surface area (Å²) in [6.45, 7) is 0. The van der Waals surface area contributed by atoms with Gasteiger partial charge in [0, 0.05) is 5.56 Å². The minimum atomic E-state index is -0.700. The van der Waals surface area contributed by atoms with Crippen LogP contribution in [0.1, 0.15) is 11.3 Å². The number of amides is 1. The summed E-state index contributed by atoms with van der Waals surface area (Å²) in [7, 11) is 0. The van der Waals surface area contributed by atoms with E-state index in [1.807, 2.05) is 0 Å². The van der Waals surface area contributed by atoms with Crippen molar-refractivity contribution in [2.45, 2.75) is 0 Å². The van der Waals surface area contributed by atoms with E-state index in [-0.39, 0.29) is 11.3 Å². The molecule has 0 radical (unpaired) electrons. The van der Waals surface area contributed by atoms with Gasteiger partial charge >= 0.3 is 5.88 Å². The van der Waals surface area contributed by atoms with Crippen LogP contribution < -0.4 is 5.73 Å². The molecule has 7 nitrogen and oxygen atoms in total. The Kier molecular flexibility index (Phi) is 2.96. The van der Waals surface area contributed by atoms with Crippen LogP contribution in [0.3, 0.4) is 0 Å². The molecule has 0 aliphatic carbocycles. The average molecular weight is 248 g/mol. The molecule has 0 saturated carbocycles. The first kappa shape index (κ1) is 11.6. The summed E-state index contributed by atoms with van der Waals surface area (Å²) >= 11 is 0. The number of nitrogens with zero attached hydrogens (tertiary/aromatic N) is 1. The second-order valence-electron chi connectivity index (χ2n) is 3.37. The summed E-state index contributed by atoms with van der Waals surface area (Å²) in [6, 6.07) is 4.35. The predicted molar refractivity (Wildman–Crippen MR) is 61.1 cm³/mol. The molecule has 0 fully saturated rings. The summed E-state index contributed by atoms with van der Waals surface area (Å²) in [6.07, 6.45) is 3.91. The third-order valence-electron chi connectivity index (χ3n) is 2.15. The van der Waals surface area contributed by atoms with Crippen molar-refractivity contribution in [1.29, 1.82) is 0 Å². The molecular weight excluding hydrogens is 240 g/mol. The molecule has 2 rings (SSSR count). The normalized spacial score (nSPS) is 11.4. The molecule has 2 heterocycles. The summed E-state index contributed by atoms with van der Waals surface area (Å²) in [4.78, 5) is 21.0. The number of carbonyl (C=O) groups excluding carboxylic acids is 1. The van der Waals surface area contributed by atoms with Gasteiger partial charge in [0.05, 0.1) is 17.9 Å². The molecule has 2 aromatic rings. The Morgan fingerprint density at radius 1 is 1.44 bits per heavy atom. The van der Waals surface area contributed by atoms with E-state index in [1.165, 1.54) is 18.4 Å². The van der Waals surface area contributed by atoms with Crippen molar-refractivity contribution in [3.05, 3.63) is 52.2 Å². The molecule has 0 saturated heterocycles. The van der Waals surface area contributed by atoms with Crippen LogP contribution in [0.4, 0.5) is 5.88 Å². The number of rotatable bonds is 4. The smallest absolute Gasteiger partial charge is 0.433 e. The van der Waals surface area contributed by atoms with Gasteiger partial charge in [-0.05, 0) is 18.2 Å². The van der Waals surface area contributed by atoms with Crippen molar-refractivity contribution in [2.75, 3.05) is 0 Å². The van der Waals surface area contributed by atoms with Crippen LogP contribution in [0.25, 0.3) is 11.6 Å². The Bertz CT molecular complexity index is 609. The van der Waals surface area contributed by atoms with E-state index in [4.69, 9.17) is 14.6 Å². The predicted octanol–water partition coefficient (Wildman–Crippen LogP) is 1.81. The maximum Gasteiger partial charge on any atom is 0.433 e.